The van der Waals surface area contributed by atoms with E-state index in [-0.39, 0.29) is 37.3 Å². The maximum atomic E-state index is 12.5. The van der Waals surface area contributed by atoms with E-state index in [0.29, 0.717) is 31.7 Å². The van der Waals surface area contributed by atoms with Crippen molar-refractivity contribution in [2.24, 2.45) is 11.8 Å². The van der Waals surface area contributed by atoms with E-state index in [0.717, 1.165) is 30.2 Å². The van der Waals surface area contributed by atoms with Crippen LogP contribution in [0.2, 0.25) is 0 Å². The third-order valence-corrected chi connectivity index (χ3v) is 6.22. The Labute approximate surface area is 148 Å². The van der Waals surface area contributed by atoms with Gasteiger partial charge in [0.2, 0.25) is 5.91 Å². The number of sulfonamides is 1. The van der Waals surface area contributed by atoms with E-state index in [1.807, 2.05) is 0 Å². The van der Waals surface area contributed by atoms with Crippen LogP contribution >= 0.6 is 12.4 Å². The SMILES string of the molecule is Cl.O=C(CCC1CCNC1)NCC1CCN(S(=O)(=O)C(F)F)CC1. The van der Waals surface area contributed by atoms with Crippen molar-refractivity contribution >= 4 is 28.3 Å². The summed E-state index contributed by atoms with van der Waals surface area (Å²) in [5.74, 6) is -2.62. The van der Waals surface area contributed by atoms with E-state index < -0.39 is 15.8 Å². The molecule has 24 heavy (non-hydrogen) atoms. The minimum absolute atomic E-state index is 0. The van der Waals surface area contributed by atoms with Gasteiger partial charge < -0.3 is 10.6 Å². The Balaban J connectivity index is 0.00000288. The zero-order valence-corrected chi connectivity index (χ0v) is 15.2. The molecule has 2 saturated heterocycles. The van der Waals surface area contributed by atoms with E-state index in [1.54, 1.807) is 0 Å². The molecule has 10 heteroatoms. The molecule has 2 fully saturated rings. The van der Waals surface area contributed by atoms with Crippen molar-refractivity contribution in [1.29, 1.82) is 0 Å². The highest BCUT2D eigenvalue weighted by atomic mass is 35.5. The summed E-state index contributed by atoms with van der Waals surface area (Å²) in [7, 11) is -4.47. The van der Waals surface area contributed by atoms with Gasteiger partial charge in [0.15, 0.2) is 0 Å². The molecule has 6 nitrogen and oxygen atoms in total. The van der Waals surface area contributed by atoms with Gasteiger partial charge in [0.05, 0.1) is 0 Å². The summed E-state index contributed by atoms with van der Waals surface area (Å²) in [5.41, 5.74) is 0. The third kappa shape index (κ3) is 6.09. The van der Waals surface area contributed by atoms with E-state index >= 15 is 0 Å². The molecule has 0 aromatic rings. The number of hydrogen-bond acceptors (Lipinski definition) is 4. The van der Waals surface area contributed by atoms with Gasteiger partial charge in [0, 0.05) is 26.1 Å². The number of carbonyl (C=O) groups is 1. The lowest BCUT2D eigenvalue weighted by Crippen LogP contribution is -2.43. The van der Waals surface area contributed by atoms with Crippen molar-refractivity contribution in [3.63, 3.8) is 0 Å². The topological polar surface area (TPSA) is 78.5 Å². The van der Waals surface area contributed by atoms with Crippen molar-refractivity contribution in [3.05, 3.63) is 0 Å². The summed E-state index contributed by atoms with van der Waals surface area (Å²) in [4.78, 5) is 11.8. The molecule has 1 atom stereocenters. The largest absolute Gasteiger partial charge is 0.356 e. The summed E-state index contributed by atoms with van der Waals surface area (Å²) in [6.45, 7) is 2.68. The quantitative estimate of drug-likeness (QED) is 0.685. The number of alkyl halides is 2. The van der Waals surface area contributed by atoms with E-state index in [1.165, 1.54) is 0 Å². The Morgan fingerprint density at radius 1 is 1.21 bits per heavy atom. The molecule has 0 aromatic heterocycles. The minimum Gasteiger partial charge on any atom is -0.356 e. The van der Waals surface area contributed by atoms with Gasteiger partial charge in [0.25, 0.3) is 10.0 Å². The van der Waals surface area contributed by atoms with Crippen LogP contribution in [-0.4, -0.2) is 57.1 Å². The summed E-state index contributed by atoms with van der Waals surface area (Å²) >= 11 is 0. The average Bonchev–Trinajstić information content (AvgIpc) is 3.04. The number of piperidine rings is 1. The predicted molar refractivity (Wildman–Crippen MR) is 89.7 cm³/mol. The molecule has 1 amide bonds. The van der Waals surface area contributed by atoms with Crippen LogP contribution in [0.25, 0.3) is 0 Å². The summed E-state index contributed by atoms with van der Waals surface area (Å²) in [5, 5.41) is 6.14. The van der Waals surface area contributed by atoms with Crippen LogP contribution in [0.4, 0.5) is 8.78 Å². The Hall–Kier alpha value is -0.510. The molecule has 0 radical (unpaired) electrons. The number of carbonyl (C=O) groups excluding carboxylic acids is 1. The van der Waals surface area contributed by atoms with Crippen LogP contribution in [-0.2, 0) is 14.8 Å². The van der Waals surface area contributed by atoms with Crippen LogP contribution in [0.15, 0.2) is 0 Å². The maximum absolute atomic E-state index is 12.5. The molecular weight excluding hydrogens is 364 g/mol. The van der Waals surface area contributed by atoms with Gasteiger partial charge in [-0.1, -0.05) is 0 Å². The normalized spacial score (nSPS) is 23.2. The molecule has 0 aliphatic carbocycles. The Kier molecular flexibility index (Phi) is 8.83. The van der Waals surface area contributed by atoms with Crippen molar-refractivity contribution in [3.8, 4) is 0 Å². The van der Waals surface area contributed by atoms with Crippen LogP contribution in [0, 0.1) is 11.8 Å². The number of halogens is 3. The van der Waals surface area contributed by atoms with Gasteiger partial charge in [-0.05, 0) is 50.6 Å². The first kappa shape index (κ1) is 21.5. The molecule has 2 rings (SSSR count). The van der Waals surface area contributed by atoms with Crippen LogP contribution in [0.3, 0.4) is 0 Å². The number of amides is 1. The number of nitrogens with zero attached hydrogens (tertiary/aromatic N) is 1. The Morgan fingerprint density at radius 3 is 2.42 bits per heavy atom. The van der Waals surface area contributed by atoms with E-state index in [9.17, 15) is 22.0 Å². The van der Waals surface area contributed by atoms with Gasteiger partial charge in [-0.15, -0.1) is 12.4 Å². The maximum Gasteiger partial charge on any atom is 0.350 e. The van der Waals surface area contributed by atoms with Crippen molar-refractivity contribution in [2.75, 3.05) is 32.7 Å². The minimum atomic E-state index is -4.47. The lowest BCUT2D eigenvalue weighted by molar-refractivity contribution is -0.121. The zero-order chi connectivity index (χ0) is 16.9. The van der Waals surface area contributed by atoms with Crippen molar-refractivity contribution < 1.29 is 22.0 Å². The standard InChI is InChI=1S/C14H25F2N3O3S.ClH/c15-14(16)23(21,22)19-7-4-12(5-8-19)10-18-13(20)2-1-11-3-6-17-9-11;/h11-12,14,17H,1-10H2,(H,18,20);1H. The van der Waals surface area contributed by atoms with Gasteiger partial charge >= 0.3 is 5.76 Å². The first-order chi connectivity index (χ1) is 10.9. The molecular formula is C14H26ClF2N3O3S. The smallest absolute Gasteiger partial charge is 0.350 e. The number of hydrogen-bond donors (Lipinski definition) is 2. The van der Waals surface area contributed by atoms with Gasteiger partial charge in [-0.3, -0.25) is 4.79 Å². The molecule has 1 unspecified atom stereocenters. The van der Waals surface area contributed by atoms with E-state index in [4.69, 9.17) is 0 Å². The summed E-state index contributed by atoms with van der Waals surface area (Å²) in [6.07, 6.45) is 3.50. The molecule has 2 N–H and O–H groups in total. The monoisotopic (exact) mass is 389 g/mol. The van der Waals surface area contributed by atoms with Crippen molar-refractivity contribution in [1.82, 2.24) is 14.9 Å². The van der Waals surface area contributed by atoms with Crippen LogP contribution < -0.4 is 10.6 Å². The third-order valence-electron chi connectivity index (χ3n) is 4.69. The van der Waals surface area contributed by atoms with Crippen molar-refractivity contribution in [2.45, 2.75) is 37.9 Å². The zero-order valence-electron chi connectivity index (χ0n) is 13.5. The second-order valence-electron chi connectivity index (χ2n) is 6.35. The molecule has 0 aromatic carbocycles. The Bertz CT molecular complexity index is 493. The van der Waals surface area contributed by atoms with Crippen LogP contribution in [0.5, 0.6) is 0 Å². The second kappa shape index (κ2) is 9.84. The molecule has 2 aliphatic rings. The fourth-order valence-corrected chi connectivity index (χ4v) is 4.07. The lowest BCUT2D eigenvalue weighted by atomic mass is 9.98. The fourth-order valence-electron chi connectivity index (χ4n) is 3.12. The lowest BCUT2D eigenvalue weighted by Gasteiger charge is -2.30. The highest BCUT2D eigenvalue weighted by Crippen LogP contribution is 2.22. The number of rotatable bonds is 7. The summed E-state index contributed by atoms with van der Waals surface area (Å²) in [6, 6.07) is 0. The predicted octanol–water partition coefficient (Wildman–Crippen LogP) is 1.18. The highest BCUT2D eigenvalue weighted by molar-refractivity contribution is 7.89. The molecule has 0 bridgehead atoms. The van der Waals surface area contributed by atoms with E-state index in [2.05, 4.69) is 10.6 Å². The van der Waals surface area contributed by atoms with Gasteiger partial charge in [0.1, 0.15) is 0 Å². The molecule has 0 spiro atoms. The highest BCUT2D eigenvalue weighted by Gasteiger charge is 2.34. The fraction of sp³-hybridized carbons (Fsp3) is 0.929. The summed E-state index contributed by atoms with van der Waals surface area (Å²) < 4.78 is 48.5. The Morgan fingerprint density at radius 2 is 1.88 bits per heavy atom. The first-order valence-corrected chi connectivity index (χ1v) is 9.64. The molecule has 142 valence electrons. The number of nitrogens with one attached hydrogen (secondary N) is 2. The molecule has 2 aliphatic heterocycles. The van der Waals surface area contributed by atoms with Gasteiger partial charge in [-0.25, -0.2) is 8.42 Å². The van der Waals surface area contributed by atoms with Crippen LogP contribution in [0.1, 0.15) is 32.1 Å². The van der Waals surface area contributed by atoms with Gasteiger partial charge in [-0.2, -0.15) is 13.1 Å². The average molecular weight is 390 g/mol. The first-order valence-electron chi connectivity index (χ1n) is 8.14. The second-order valence-corrected chi connectivity index (χ2v) is 8.25. The molecule has 0 saturated carbocycles. The molecule has 2 heterocycles.